The van der Waals surface area contributed by atoms with E-state index in [1.54, 1.807) is 0 Å². The van der Waals surface area contributed by atoms with E-state index in [0.29, 0.717) is 23.5 Å². The Balaban J connectivity index is 0.000000291. The molecule has 0 atom stereocenters. The number of nitrogens with zero attached hydrogens (tertiary/aromatic N) is 3. The SMILES string of the molecule is Cc1ccc(-c2[c-]cccc2)nc1.Cc1cnc(-c2[c-]ccc3c2oc2nc(-c4c(C(C)C)cccc4C(C)C)ccc23)cc1CC(C)C.[Ir]. The van der Waals surface area contributed by atoms with Crippen LogP contribution in [0.1, 0.15) is 81.2 Å². The van der Waals surface area contributed by atoms with Crippen molar-refractivity contribution in [3.8, 4) is 33.8 Å². The molecule has 50 heavy (non-hydrogen) atoms. The fourth-order valence-corrected chi connectivity index (χ4v) is 6.34. The summed E-state index contributed by atoms with van der Waals surface area (Å²) in [5.74, 6) is 1.39. The summed E-state index contributed by atoms with van der Waals surface area (Å²) < 4.78 is 6.47. The zero-order valence-corrected chi connectivity index (χ0v) is 32.7. The maximum absolute atomic E-state index is 6.47. The van der Waals surface area contributed by atoms with E-state index >= 15 is 0 Å². The molecule has 5 heteroatoms. The van der Waals surface area contributed by atoms with Crippen molar-refractivity contribution in [2.45, 2.75) is 73.6 Å². The van der Waals surface area contributed by atoms with Gasteiger partial charge in [-0.05, 0) is 83.8 Å². The number of benzene rings is 3. The molecule has 7 rings (SSSR count). The molecule has 0 saturated carbocycles. The Labute approximate surface area is 310 Å². The van der Waals surface area contributed by atoms with Gasteiger partial charge in [0, 0.05) is 43.4 Å². The molecule has 0 spiro atoms. The van der Waals surface area contributed by atoms with Crippen molar-refractivity contribution < 1.29 is 24.5 Å². The fourth-order valence-electron chi connectivity index (χ4n) is 6.34. The molecular weight excluding hydrogens is 791 g/mol. The molecule has 4 heterocycles. The van der Waals surface area contributed by atoms with Crippen LogP contribution in [0.3, 0.4) is 0 Å². The molecule has 0 amide bonds. The molecule has 257 valence electrons. The van der Waals surface area contributed by atoms with E-state index < -0.39 is 0 Å². The van der Waals surface area contributed by atoms with Crippen LogP contribution in [0.15, 0.2) is 102 Å². The predicted molar refractivity (Wildman–Crippen MR) is 204 cm³/mol. The summed E-state index contributed by atoms with van der Waals surface area (Å²) in [6, 6.07) is 35.6. The van der Waals surface area contributed by atoms with E-state index in [2.05, 4.69) is 114 Å². The molecule has 4 aromatic heterocycles. The predicted octanol–water partition coefficient (Wildman–Crippen LogP) is 12.1. The first-order chi connectivity index (χ1) is 23.6. The fraction of sp³-hybridized carbons (Fsp3) is 0.267. The Kier molecular flexibility index (Phi) is 11.8. The minimum absolute atomic E-state index is 0. The van der Waals surface area contributed by atoms with E-state index in [1.807, 2.05) is 55.7 Å². The van der Waals surface area contributed by atoms with Crippen LogP contribution in [-0.4, -0.2) is 15.0 Å². The van der Waals surface area contributed by atoms with Crippen LogP contribution in [0.4, 0.5) is 0 Å². The van der Waals surface area contributed by atoms with Crippen LogP contribution in [0.25, 0.3) is 55.8 Å². The summed E-state index contributed by atoms with van der Waals surface area (Å²) in [6.45, 7) is 17.6. The van der Waals surface area contributed by atoms with Crippen molar-refractivity contribution in [3.63, 3.8) is 0 Å². The average Bonchev–Trinajstić information content (AvgIpc) is 3.48. The minimum Gasteiger partial charge on any atom is -0.486 e. The topological polar surface area (TPSA) is 51.8 Å². The maximum Gasteiger partial charge on any atom is 0.216 e. The third-order valence-corrected chi connectivity index (χ3v) is 8.92. The van der Waals surface area contributed by atoms with Crippen LogP contribution in [0.5, 0.6) is 0 Å². The van der Waals surface area contributed by atoms with Crippen molar-refractivity contribution in [1.82, 2.24) is 15.0 Å². The zero-order chi connectivity index (χ0) is 34.7. The van der Waals surface area contributed by atoms with Crippen molar-refractivity contribution >= 4 is 22.1 Å². The Morgan fingerprint density at radius 3 is 2.04 bits per heavy atom. The normalized spacial score (nSPS) is 11.3. The molecule has 3 aromatic carbocycles. The molecule has 1 radical (unpaired) electrons. The molecule has 0 fully saturated rings. The average molecular weight is 836 g/mol. The van der Waals surface area contributed by atoms with Crippen LogP contribution >= 0.6 is 0 Å². The molecule has 0 aliphatic rings. The van der Waals surface area contributed by atoms with Crippen molar-refractivity contribution in [2.75, 3.05) is 0 Å². The number of aromatic nitrogens is 3. The van der Waals surface area contributed by atoms with Crippen LogP contribution < -0.4 is 0 Å². The van der Waals surface area contributed by atoms with Crippen LogP contribution in [-0.2, 0) is 26.5 Å². The van der Waals surface area contributed by atoms with Gasteiger partial charge in [0.1, 0.15) is 0 Å². The van der Waals surface area contributed by atoms with Gasteiger partial charge >= 0.3 is 0 Å². The minimum atomic E-state index is 0. The van der Waals surface area contributed by atoms with E-state index in [-0.39, 0.29) is 20.1 Å². The van der Waals surface area contributed by atoms with Gasteiger partial charge < -0.3 is 14.4 Å². The van der Waals surface area contributed by atoms with E-state index in [4.69, 9.17) is 14.4 Å². The number of pyridine rings is 3. The number of rotatable bonds is 7. The number of fused-ring (bicyclic) bond motifs is 3. The molecule has 7 aromatic rings. The third-order valence-electron chi connectivity index (χ3n) is 8.92. The molecule has 0 aliphatic carbocycles. The van der Waals surface area contributed by atoms with Gasteiger partial charge in [0.05, 0.1) is 11.3 Å². The van der Waals surface area contributed by atoms with Crippen molar-refractivity contribution in [2.24, 2.45) is 5.92 Å². The van der Waals surface area contributed by atoms with Gasteiger partial charge in [-0.25, -0.2) is 4.98 Å². The monoisotopic (exact) mass is 836 g/mol. The van der Waals surface area contributed by atoms with Gasteiger partial charge in [0.15, 0.2) is 0 Å². The summed E-state index contributed by atoms with van der Waals surface area (Å²) in [7, 11) is 0. The second-order valence-electron chi connectivity index (χ2n) is 14.0. The summed E-state index contributed by atoms with van der Waals surface area (Å²) in [5.41, 5.74) is 13.8. The largest absolute Gasteiger partial charge is 0.486 e. The number of hydrogen-bond acceptors (Lipinski definition) is 4. The van der Waals surface area contributed by atoms with Gasteiger partial charge in [-0.3, -0.25) is 0 Å². The van der Waals surface area contributed by atoms with Gasteiger partial charge in [0.25, 0.3) is 0 Å². The Morgan fingerprint density at radius 1 is 0.680 bits per heavy atom. The van der Waals surface area contributed by atoms with Crippen molar-refractivity contribution in [3.05, 3.63) is 137 Å². The van der Waals surface area contributed by atoms with Gasteiger partial charge in [-0.2, -0.15) is 0 Å². The first kappa shape index (κ1) is 36.8. The molecule has 0 aliphatic heterocycles. The van der Waals surface area contributed by atoms with E-state index in [0.717, 1.165) is 51.0 Å². The van der Waals surface area contributed by atoms with E-state index in [9.17, 15) is 0 Å². The van der Waals surface area contributed by atoms with Gasteiger partial charge in [0.2, 0.25) is 5.71 Å². The quantitative estimate of drug-likeness (QED) is 0.150. The Bertz CT molecular complexity index is 2170. The molecular formula is C45H45IrN3O-2. The number of aryl methyl sites for hydroxylation is 2. The Morgan fingerprint density at radius 2 is 1.40 bits per heavy atom. The van der Waals surface area contributed by atoms with Crippen LogP contribution in [0, 0.1) is 31.9 Å². The third kappa shape index (κ3) is 7.96. The Hall–Kier alpha value is -4.44. The first-order valence-electron chi connectivity index (χ1n) is 17.3. The second-order valence-corrected chi connectivity index (χ2v) is 14.0. The first-order valence-corrected chi connectivity index (χ1v) is 17.3. The van der Waals surface area contributed by atoms with Gasteiger partial charge in [-0.1, -0.05) is 94.5 Å². The zero-order valence-electron chi connectivity index (χ0n) is 30.3. The number of hydrogen-bond donors (Lipinski definition) is 0. The maximum atomic E-state index is 6.47. The summed E-state index contributed by atoms with van der Waals surface area (Å²) in [5, 5.41) is 2.07. The van der Waals surface area contributed by atoms with Crippen LogP contribution in [0.2, 0.25) is 0 Å². The smallest absolute Gasteiger partial charge is 0.216 e. The molecule has 4 nitrogen and oxygen atoms in total. The molecule has 0 unspecified atom stereocenters. The van der Waals surface area contributed by atoms with E-state index in [1.165, 1.54) is 33.4 Å². The summed E-state index contributed by atoms with van der Waals surface area (Å²) in [4.78, 5) is 14.1. The summed E-state index contributed by atoms with van der Waals surface area (Å²) in [6.07, 6.45) is 4.86. The molecule has 0 saturated heterocycles. The molecule has 0 N–H and O–H groups in total. The van der Waals surface area contributed by atoms with Crippen molar-refractivity contribution in [1.29, 1.82) is 0 Å². The molecule has 0 bridgehead atoms. The number of furan rings is 1. The second kappa shape index (κ2) is 16.1. The summed E-state index contributed by atoms with van der Waals surface area (Å²) >= 11 is 0. The standard InChI is InChI=1S/C33H35N2O.C12H10N.Ir/c1-19(2)16-23-17-30(34-18-22(23)7)28-13-9-12-26-27-14-15-29(35-33(27)36-32(26)28)31-24(20(3)4)10-8-11-25(31)21(5)6;1-10-7-8-12(13-9-10)11-5-3-2-4-6-11;/h8-12,14-15,17-21H,16H2,1-7H3;2-5,7-9H,1H3;/q2*-1;. The van der Waals surface area contributed by atoms with Gasteiger partial charge in [-0.15, -0.1) is 54.1 Å².